The first-order valence-corrected chi connectivity index (χ1v) is 11.6. The van der Waals surface area contributed by atoms with Gasteiger partial charge >= 0.3 is 12.0 Å². The number of nitrogens with one attached hydrogen (secondary N) is 2. The summed E-state index contributed by atoms with van der Waals surface area (Å²) in [6.45, 7) is 4.84. The van der Waals surface area contributed by atoms with Crippen LogP contribution in [0.5, 0.6) is 5.75 Å². The van der Waals surface area contributed by atoms with E-state index in [4.69, 9.17) is 9.15 Å². The minimum Gasteiger partial charge on any atom is -0.494 e. The Balaban J connectivity index is 1.13. The van der Waals surface area contributed by atoms with Gasteiger partial charge in [-0.05, 0) is 62.9 Å². The number of aromatic nitrogens is 2. The average Bonchev–Trinajstić information content (AvgIpc) is 3.22. The van der Waals surface area contributed by atoms with Crippen molar-refractivity contribution in [3.63, 3.8) is 0 Å². The van der Waals surface area contributed by atoms with Crippen molar-refractivity contribution < 1.29 is 9.15 Å². The molecular weight excluding hydrogens is 378 g/mol. The highest BCUT2D eigenvalue weighted by molar-refractivity contribution is 5.29. The van der Waals surface area contributed by atoms with Crippen molar-refractivity contribution in [2.75, 3.05) is 36.9 Å². The summed E-state index contributed by atoms with van der Waals surface area (Å²) in [5, 5.41) is 14.7. The van der Waals surface area contributed by atoms with E-state index in [0.717, 1.165) is 25.3 Å². The predicted molar refractivity (Wildman–Crippen MR) is 119 cm³/mol. The average molecular weight is 414 g/mol. The van der Waals surface area contributed by atoms with Crippen molar-refractivity contribution >= 4 is 12.0 Å². The predicted octanol–water partition coefficient (Wildman–Crippen LogP) is 4.68. The van der Waals surface area contributed by atoms with Gasteiger partial charge in [-0.25, -0.2) is 0 Å². The van der Waals surface area contributed by atoms with Gasteiger partial charge in [-0.1, -0.05) is 48.0 Å². The molecule has 2 heterocycles. The maximum Gasteiger partial charge on any atom is 0.317 e. The number of benzene rings is 1. The van der Waals surface area contributed by atoms with Gasteiger partial charge in [0.15, 0.2) is 0 Å². The van der Waals surface area contributed by atoms with Crippen LogP contribution in [0, 0.1) is 0 Å². The molecule has 0 unspecified atom stereocenters. The molecule has 1 saturated heterocycles. The summed E-state index contributed by atoms with van der Waals surface area (Å²) in [4.78, 5) is 2.54. The Labute approximate surface area is 179 Å². The molecule has 0 bridgehead atoms. The Morgan fingerprint density at radius 3 is 2.67 bits per heavy atom. The Morgan fingerprint density at radius 1 is 1.00 bits per heavy atom. The second-order valence-corrected chi connectivity index (χ2v) is 8.50. The summed E-state index contributed by atoms with van der Waals surface area (Å²) in [7, 11) is 0. The summed E-state index contributed by atoms with van der Waals surface area (Å²) in [5.74, 6) is 0.946. The molecule has 1 aromatic heterocycles. The van der Waals surface area contributed by atoms with Gasteiger partial charge in [0.1, 0.15) is 5.75 Å². The highest BCUT2D eigenvalue weighted by Gasteiger charge is 2.16. The molecule has 2 fully saturated rings. The third-order valence-electron chi connectivity index (χ3n) is 5.98. The van der Waals surface area contributed by atoms with E-state index in [1.165, 1.54) is 70.0 Å². The zero-order chi connectivity index (χ0) is 20.4. The molecule has 2 N–H and O–H groups in total. The Kier molecular flexibility index (Phi) is 7.83. The first-order chi connectivity index (χ1) is 14.8. The van der Waals surface area contributed by atoms with E-state index in [-0.39, 0.29) is 0 Å². The normalized spacial score (nSPS) is 18.3. The molecule has 4 rings (SSSR count). The molecule has 0 amide bonds. The van der Waals surface area contributed by atoms with Gasteiger partial charge in [0.05, 0.1) is 6.61 Å². The molecule has 2 aromatic rings. The van der Waals surface area contributed by atoms with Crippen LogP contribution >= 0.6 is 0 Å². The van der Waals surface area contributed by atoms with Crippen LogP contribution in [-0.4, -0.2) is 47.4 Å². The second kappa shape index (κ2) is 11.2. The lowest BCUT2D eigenvalue weighted by atomic mass is 9.96. The fourth-order valence-electron chi connectivity index (χ4n) is 4.34. The molecule has 30 heavy (non-hydrogen) atoms. The Morgan fingerprint density at radius 2 is 1.80 bits per heavy atom. The van der Waals surface area contributed by atoms with Crippen LogP contribution in [0.3, 0.4) is 0 Å². The van der Waals surface area contributed by atoms with Gasteiger partial charge in [-0.2, -0.15) is 0 Å². The highest BCUT2D eigenvalue weighted by Crippen LogP contribution is 2.22. The van der Waals surface area contributed by atoms with Gasteiger partial charge in [-0.15, -0.1) is 0 Å². The van der Waals surface area contributed by atoms with Crippen LogP contribution in [0.4, 0.5) is 12.0 Å². The molecule has 1 aliphatic carbocycles. The maximum absolute atomic E-state index is 5.94. The Hall–Kier alpha value is -2.28. The van der Waals surface area contributed by atoms with E-state index in [1.54, 1.807) is 0 Å². The third-order valence-corrected chi connectivity index (χ3v) is 5.98. The lowest BCUT2D eigenvalue weighted by Gasteiger charge is -2.26. The monoisotopic (exact) mass is 413 g/mol. The third kappa shape index (κ3) is 6.62. The van der Waals surface area contributed by atoms with Crippen molar-refractivity contribution in [3.8, 4) is 5.75 Å². The van der Waals surface area contributed by atoms with E-state index < -0.39 is 0 Å². The molecule has 0 spiro atoms. The lowest BCUT2D eigenvalue weighted by Crippen LogP contribution is -2.29. The summed E-state index contributed by atoms with van der Waals surface area (Å²) in [6, 6.07) is 9.94. The van der Waals surface area contributed by atoms with Gasteiger partial charge in [0.25, 0.3) is 0 Å². The molecular formula is C23H35N5O2. The fourth-order valence-corrected chi connectivity index (χ4v) is 4.34. The summed E-state index contributed by atoms with van der Waals surface area (Å²) < 4.78 is 11.6. The summed E-state index contributed by atoms with van der Waals surface area (Å²) >= 11 is 0. The van der Waals surface area contributed by atoms with Crippen LogP contribution < -0.4 is 15.4 Å². The van der Waals surface area contributed by atoms with Crippen LogP contribution in [-0.2, 0) is 6.54 Å². The van der Waals surface area contributed by atoms with E-state index in [2.05, 4.69) is 43.9 Å². The van der Waals surface area contributed by atoms with Gasteiger partial charge < -0.3 is 19.8 Å². The molecule has 164 valence electrons. The van der Waals surface area contributed by atoms with E-state index >= 15 is 0 Å². The number of piperidine rings is 1. The lowest BCUT2D eigenvalue weighted by molar-refractivity contribution is 0.220. The number of hydrogen-bond donors (Lipinski definition) is 2. The molecule has 7 nitrogen and oxygen atoms in total. The van der Waals surface area contributed by atoms with Crippen molar-refractivity contribution in [2.24, 2.45) is 0 Å². The highest BCUT2D eigenvalue weighted by atomic mass is 16.5. The molecule has 7 heteroatoms. The molecule has 0 radical (unpaired) electrons. The SMILES string of the molecule is c1cc(CN2CCCCC2)cc(OCCCNc2nnc(NC3CCCCC3)o2)c1. The zero-order valence-corrected chi connectivity index (χ0v) is 17.9. The van der Waals surface area contributed by atoms with Gasteiger partial charge in [0, 0.05) is 19.1 Å². The second-order valence-electron chi connectivity index (χ2n) is 8.50. The summed E-state index contributed by atoms with van der Waals surface area (Å²) in [5.41, 5.74) is 1.33. The molecule has 1 aromatic carbocycles. The first-order valence-electron chi connectivity index (χ1n) is 11.6. The van der Waals surface area contributed by atoms with Crippen molar-refractivity contribution in [1.29, 1.82) is 0 Å². The van der Waals surface area contributed by atoms with E-state index in [9.17, 15) is 0 Å². The van der Waals surface area contributed by atoms with Gasteiger partial charge in [0.2, 0.25) is 0 Å². The first kappa shape index (κ1) is 21.0. The zero-order valence-electron chi connectivity index (χ0n) is 17.9. The minimum absolute atomic E-state index is 0.464. The van der Waals surface area contributed by atoms with Crippen molar-refractivity contribution in [1.82, 2.24) is 15.1 Å². The molecule has 2 aliphatic rings. The van der Waals surface area contributed by atoms with Crippen LogP contribution in [0.2, 0.25) is 0 Å². The number of nitrogens with zero attached hydrogens (tertiary/aromatic N) is 3. The summed E-state index contributed by atoms with van der Waals surface area (Å²) in [6.07, 6.45) is 11.1. The minimum atomic E-state index is 0.464. The Bertz CT molecular complexity index is 754. The number of likely N-dealkylation sites (tertiary alicyclic amines) is 1. The topological polar surface area (TPSA) is 75.5 Å². The number of rotatable bonds is 10. The van der Waals surface area contributed by atoms with Crippen molar-refractivity contribution in [2.45, 2.75) is 70.4 Å². The van der Waals surface area contributed by atoms with E-state index in [0.29, 0.717) is 24.7 Å². The fraction of sp³-hybridized carbons (Fsp3) is 0.652. The van der Waals surface area contributed by atoms with Crippen molar-refractivity contribution in [3.05, 3.63) is 29.8 Å². The van der Waals surface area contributed by atoms with Gasteiger partial charge in [-0.3, -0.25) is 4.90 Å². The van der Waals surface area contributed by atoms with Crippen LogP contribution in [0.25, 0.3) is 0 Å². The van der Waals surface area contributed by atoms with E-state index in [1.807, 2.05) is 6.07 Å². The standard InChI is InChI=1S/C23H35N5O2/c1-3-10-20(11-4-1)25-23-27-26-22(30-23)24-13-8-16-29-21-12-7-9-19(17-21)18-28-14-5-2-6-15-28/h7,9,12,17,20H,1-6,8,10-11,13-16,18H2,(H,24,26)(H,25,27). The quantitative estimate of drug-likeness (QED) is 0.548. The molecule has 1 saturated carbocycles. The number of hydrogen-bond acceptors (Lipinski definition) is 7. The molecule has 0 atom stereocenters. The van der Waals surface area contributed by atoms with Crippen LogP contribution in [0.1, 0.15) is 63.4 Å². The number of anilines is 2. The van der Waals surface area contributed by atoms with Crippen LogP contribution in [0.15, 0.2) is 28.7 Å². The maximum atomic E-state index is 5.94. The smallest absolute Gasteiger partial charge is 0.317 e. The molecule has 1 aliphatic heterocycles. The largest absolute Gasteiger partial charge is 0.494 e. The number of ether oxygens (including phenoxy) is 1.